The highest BCUT2D eigenvalue weighted by atomic mass is 16.3. The van der Waals surface area contributed by atoms with E-state index < -0.39 is 0 Å². The first-order valence-electron chi connectivity index (χ1n) is 5.46. The minimum absolute atomic E-state index is 0.258. The molecule has 1 aromatic rings. The van der Waals surface area contributed by atoms with Crippen LogP contribution in [0, 0.1) is 5.92 Å². The summed E-state index contributed by atoms with van der Waals surface area (Å²) < 4.78 is 1.88. The van der Waals surface area contributed by atoms with Crippen molar-refractivity contribution in [2.45, 2.75) is 33.4 Å². The minimum atomic E-state index is 0.258. The molecule has 0 bridgehead atoms. The van der Waals surface area contributed by atoms with E-state index in [2.05, 4.69) is 22.3 Å². The quantitative estimate of drug-likeness (QED) is 0.687. The summed E-state index contributed by atoms with van der Waals surface area (Å²) in [5.74, 6) is 1.46. The van der Waals surface area contributed by atoms with Gasteiger partial charge in [0, 0.05) is 13.2 Å². The lowest BCUT2D eigenvalue weighted by molar-refractivity contribution is 0.260. The average Bonchev–Trinajstić information content (AvgIpc) is 2.66. The first-order chi connectivity index (χ1) is 7.27. The van der Waals surface area contributed by atoms with Gasteiger partial charge in [-0.15, -0.1) is 0 Å². The largest absolute Gasteiger partial charge is 0.396 e. The molecule has 15 heavy (non-hydrogen) atoms. The third kappa shape index (κ3) is 3.97. The molecule has 86 valence electrons. The Bertz CT molecular complexity index is 274. The Balaban J connectivity index is 2.25. The fourth-order valence-corrected chi connectivity index (χ4v) is 1.44. The van der Waals surface area contributed by atoms with Crippen molar-refractivity contribution in [2.75, 3.05) is 13.2 Å². The van der Waals surface area contributed by atoms with E-state index in [1.165, 1.54) is 0 Å². The maximum atomic E-state index is 8.75. The van der Waals surface area contributed by atoms with Crippen LogP contribution in [0.15, 0.2) is 6.33 Å². The SMILES string of the molecule is CCn1ncnc1CNCC(C)CCO. The van der Waals surface area contributed by atoms with Gasteiger partial charge in [-0.25, -0.2) is 9.67 Å². The topological polar surface area (TPSA) is 63.0 Å². The summed E-state index contributed by atoms with van der Waals surface area (Å²) in [5, 5.41) is 16.2. The van der Waals surface area contributed by atoms with Crippen molar-refractivity contribution < 1.29 is 5.11 Å². The molecule has 0 spiro atoms. The Morgan fingerprint density at radius 2 is 2.40 bits per heavy atom. The molecule has 1 heterocycles. The Kier molecular flexibility index (Phi) is 5.28. The van der Waals surface area contributed by atoms with Gasteiger partial charge in [-0.3, -0.25) is 0 Å². The van der Waals surface area contributed by atoms with Crippen LogP contribution in [0.2, 0.25) is 0 Å². The molecule has 0 radical (unpaired) electrons. The summed E-state index contributed by atoms with van der Waals surface area (Å²) >= 11 is 0. The number of nitrogens with zero attached hydrogens (tertiary/aromatic N) is 3. The second kappa shape index (κ2) is 6.53. The predicted octanol–water partition coefficient (Wildman–Crippen LogP) is 0.406. The Labute approximate surface area is 90.5 Å². The molecular formula is C10H20N4O. The number of aromatic nitrogens is 3. The summed E-state index contributed by atoms with van der Waals surface area (Å²) in [6, 6.07) is 0. The van der Waals surface area contributed by atoms with Crippen molar-refractivity contribution in [1.29, 1.82) is 0 Å². The van der Waals surface area contributed by atoms with Crippen molar-refractivity contribution in [1.82, 2.24) is 20.1 Å². The molecular weight excluding hydrogens is 192 g/mol. The molecule has 0 saturated carbocycles. The molecule has 5 heteroatoms. The molecule has 0 aliphatic rings. The third-order valence-electron chi connectivity index (χ3n) is 2.39. The van der Waals surface area contributed by atoms with Gasteiger partial charge in [0.2, 0.25) is 0 Å². The highest BCUT2D eigenvalue weighted by Crippen LogP contribution is 1.99. The molecule has 0 aromatic carbocycles. The lowest BCUT2D eigenvalue weighted by atomic mass is 10.1. The van der Waals surface area contributed by atoms with Crippen LogP contribution in [0.25, 0.3) is 0 Å². The van der Waals surface area contributed by atoms with Crippen LogP contribution < -0.4 is 5.32 Å². The number of rotatable bonds is 7. The number of hydrogen-bond donors (Lipinski definition) is 2. The second-order valence-corrected chi connectivity index (χ2v) is 3.74. The molecule has 0 saturated heterocycles. The Morgan fingerprint density at radius 1 is 1.60 bits per heavy atom. The average molecular weight is 212 g/mol. The van der Waals surface area contributed by atoms with Crippen LogP contribution in [-0.2, 0) is 13.1 Å². The van der Waals surface area contributed by atoms with Gasteiger partial charge in [0.05, 0.1) is 6.54 Å². The van der Waals surface area contributed by atoms with Crippen LogP contribution in [0.4, 0.5) is 0 Å². The normalized spacial score (nSPS) is 13.0. The molecule has 1 atom stereocenters. The highest BCUT2D eigenvalue weighted by molar-refractivity contribution is 4.83. The molecule has 1 rings (SSSR count). The summed E-state index contributed by atoms with van der Waals surface area (Å²) in [6.45, 7) is 6.91. The van der Waals surface area contributed by atoms with E-state index >= 15 is 0 Å². The van der Waals surface area contributed by atoms with E-state index in [0.29, 0.717) is 5.92 Å². The maximum absolute atomic E-state index is 8.75. The van der Waals surface area contributed by atoms with Crippen molar-refractivity contribution >= 4 is 0 Å². The molecule has 0 aliphatic heterocycles. The fraction of sp³-hybridized carbons (Fsp3) is 0.800. The van der Waals surface area contributed by atoms with E-state index in [1.54, 1.807) is 6.33 Å². The van der Waals surface area contributed by atoms with Crippen molar-refractivity contribution in [2.24, 2.45) is 5.92 Å². The summed E-state index contributed by atoms with van der Waals surface area (Å²) in [7, 11) is 0. The summed E-state index contributed by atoms with van der Waals surface area (Å²) in [5.41, 5.74) is 0. The maximum Gasteiger partial charge on any atom is 0.140 e. The van der Waals surface area contributed by atoms with Gasteiger partial charge in [-0.05, 0) is 25.8 Å². The van der Waals surface area contributed by atoms with E-state index in [1.807, 2.05) is 11.6 Å². The molecule has 0 fully saturated rings. The lowest BCUT2D eigenvalue weighted by Crippen LogP contribution is -2.23. The summed E-state index contributed by atoms with van der Waals surface area (Å²) in [6.07, 6.45) is 2.42. The molecule has 0 amide bonds. The number of aliphatic hydroxyl groups is 1. The first kappa shape index (κ1) is 12.1. The van der Waals surface area contributed by atoms with Crippen molar-refractivity contribution in [3.8, 4) is 0 Å². The molecule has 1 unspecified atom stereocenters. The summed E-state index contributed by atoms with van der Waals surface area (Å²) in [4.78, 5) is 4.17. The predicted molar refractivity (Wildman–Crippen MR) is 58.3 cm³/mol. The van der Waals surface area contributed by atoms with Crippen LogP contribution in [0.5, 0.6) is 0 Å². The van der Waals surface area contributed by atoms with Gasteiger partial charge >= 0.3 is 0 Å². The number of aliphatic hydroxyl groups excluding tert-OH is 1. The van der Waals surface area contributed by atoms with E-state index in [-0.39, 0.29) is 6.61 Å². The van der Waals surface area contributed by atoms with Gasteiger partial charge in [-0.2, -0.15) is 5.10 Å². The monoisotopic (exact) mass is 212 g/mol. The van der Waals surface area contributed by atoms with Gasteiger partial charge in [-0.1, -0.05) is 6.92 Å². The standard InChI is InChI=1S/C10H20N4O/c1-3-14-10(12-8-13-14)7-11-6-9(2)4-5-15/h8-9,11,15H,3-7H2,1-2H3. The minimum Gasteiger partial charge on any atom is -0.396 e. The van der Waals surface area contributed by atoms with E-state index in [9.17, 15) is 0 Å². The molecule has 1 aromatic heterocycles. The van der Waals surface area contributed by atoms with Crippen molar-refractivity contribution in [3.63, 3.8) is 0 Å². The zero-order valence-corrected chi connectivity index (χ0v) is 9.48. The third-order valence-corrected chi connectivity index (χ3v) is 2.39. The van der Waals surface area contributed by atoms with Gasteiger partial charge in [0.25, 0.3) is 0 Å². The molecule has 2 N–H and O–H groups in total. The van der Waals surface area contributed by atoms with Crippen LogP contribution in [0.3, 0.4) is 0 Å². The number of nitrogens with one attached hydrogen (secondary N) is 1. The van der Waals surface area contributed by atoms with Crippen molar-refractivity contribution in [3.05, 3.63) is 12.2 Å². The van der Waals surface area contributed by atoms with Crippen LogP contribution in [0.1, 0.15) is 26.1 Å². The fourth-order valence-electron chi connectivity index (χ4n) is 1.44. The zero-order chi connectivity index (χ0) is 11.1. The van der Waals surface area contributed by atoms with Gasteiger partial charge < -0.3 is 10.4 Å². The van der Waals surface area contributed by atoms with Gasteiger partial charge in [0.15, 0.2) is 0 Å². The van der Waals surface area contributed by atoms with E-state index in [0.717, 1.165) is 31.9 Å². The number of aryl methyl sites for hydroxylation is 1. The molecule has 5 nitrogen and oxygen atoms in total. The smallest absolute Gasteiger partial charge is 0.140 e. The lowest BCUT2D eigenvalue weighted by Gasteiger charge is -2.10. The number of hydrogen-bond acceptors (Lipinski definition) is 4. The Morgan fingerprint density at radius 3 is 3.07 bits per heavy atom. The zero-order valence-electron chi connectivity index (χ0n) is 9.48. The molecule has 0 aliphatic carbocycles. The van der Waals surface area contributed by atoms with E-state index in [4.69, 9.17) is 5.11 Å². The van der Waals surface area contributed by atoms with Crippen LogP contribution in [-0.4, -0.2) is 33.0 Å². The van der Waals surface area contributed by atoms with Crippen LogP contribution >= 0.6 is 0 Å². The second-order valence-electron chi connectivity index (χ2n) is 3.74. The Hall–Kier alpha value is -0.940. The first-order valence-corrected chi connectivity index (χ1v) is 5.46. The highest BCUT2D eigenvalue weighted by Gasteiger charge is 2.04. The van der Waals surface area contributed by atoms with Gasteiger partial charge in [0.1, 0.15) is 12.2 Å².